The smallest absolute Gasteiger partial charge is 0.186 e. The van der Waals surface area contributed by atoms with Crippen LogP contribution in [0.5, 0.6) is 5.75 Å². The van der Waals surface area contributed by atoms with Crippen LogP contribution in [0.15, 0.2) is 83.0 Å². The predicted octanol–water partition coefficient (Wildman–Crippen LogP) is 5.14. The molecule has 4 nitrogen and oxygen atoms in total. The SMILES string of the molecule is Cc1ccc(N=Nc2ccc(C#Cc3ccc(OCO)cc3)cc2)cc1. The standard InChI is InChI=1S/C22H18N2O2/c1-17-2-10-20(11-3-17)23-24-21-12-6-18(7-13-21)4-5-19-8-14-22(15-9-19)26-16-25/h2-3,6-15,25H,16H2,1H3. The van der Waals surface area contributed by atoms with Crippen LogP contribution < -0.4 is 4.74 Å². The lowest BCUT2D eigenvalue weighted by molar-refractivity contribution is 0.0985. The van der Waals surface area contributed by atoms with Crippen molar-refractivity contribution in [3.05, 3.63) is 89.5 Å². The minimum Gasteiger partial charge on any atom is -0.468 e. The Morgan fingerprint density at radius 3 is 1.69 bits per heavy atom. The van der Waals surface area contributed by atoms with Crippen LogP contribution in [0.25, 0.3) is 0 Å². The minimum absolute atomic E-state index is 0.335. The Balaban J connectivity index is 1.65. The van der Waals surface area contributed by atoms with Crippen LogP contribution in [0, 0.1) is 18.8 Å². The van der Waals surface area contributed by atoms with Gasteiger partial charge in [0, 0.05) is 11.1 Å². The first-order chi connectivity index (χ1) is 12.7. The first-order valence-corrected chi connectivity index (χ1v) is 8.17. The number of hydrogen-bond acceptors (Lipinski definition) is 4. The molecule has 0 radical (unpaired) electrons. The normalized spacial score (nSPS) is 10.4. The van der Waals surface area contributed by atoms with Gasteiger partial charge in [-0.1, -0.05) is 29.5 Å². The third kappa shape index (κ3) is 5.04. The second kappa shape index (κ2) is 8.61. The number of azo groups is 1. The molecule has 4 heteroatoms. The van der Waals surface area contributed by atoms with E-state index in [4.69, 9.17) is 9.84 Å². The summed E-state index contributed by atoms with van der Waals surface area (Å²) < 4.78 is 4.99. The molecule has 0 saturated carbocycles. The minimum atomic E-state index is -0.335. The molecule has 0 bridgehead atoms. The van der Waals surface area contributed by atoms with Gasteiger partial charge in [-0.05, 0) is 67.6 Å². The zero-order valence-electron chi connectivity index (χ0n) is 14.4. The van der Waals surface area contributed by atoms with Gasteiger partial charge >= 0.3 is 0 Å². The fraction of sp³-hybridized carbons (Fsp3) is 0.0909. The molecule has 0 fully saturated rings. The lowest BCUT2D eigenvalue weighted by Crippen LogP contribution is -1.93. The van der Waals surface area contributed by atoms with Crippen molar-refractivity contribution in [2.75, 3.05) is 6.79 Å². The van der Waals surface area contributed by atoms with E-state index in [2.05, 4.69) is 22.1 Å². The van der Waals surface area contributed by atoms with Crippen LogP contribution in [0.3, 0.4) is 0 Å². The highest BCUT2D eigenvalue weighted by Crippen LogP contribution is 2.19. The van der Waals surface area contributed by atoms with E-state index in [1.165, 1.54) is 5.56 Å². The van der Waals surface area contributed by atoms with Crippen molar-refractivity contribution < 1.29 is 9.84 Å². The van der Waals surface area contributed by atoms with Crippen LogP contribution >= 0.6 is 0 Å². The first-order valence-electron chi connectivity index (χ1n) is 8.17. The molecule has 3 aromatic rings. The Labute approximate surface area is 152 Å². The van der Waals surface area contributed by atoms with Gasteiger partial charge in [0.1, 0.15) is 5.75 Å². The molecule has 0 heterocycles. The summed E-state index contributed by atoms with van der Waals surface area (Å²) in [6.45, 7) is 1.70. The topological polar surface area (TPSA) is 54.2 Å². The summed E-state index contributed by atoms with van der Waals surface area (Å²) in [6, 6.07) is 22.8. The summed E-state index contributed by atoms with van der Waals surface area (Å²) in [5.41, 5.74) is 4.57. The molecule has 128 valence electrons. The highest BCUT2D eigenvalue weighted by atomic mass is 16.6. The Bertz CT molecular complexity index is 933. The van der Waals surface area contributed by atoms with Gasteiger partial charge in [-0.25, -0.2) is 0 Å². The third-order valence-electron chi connectivity index (χ3n) is 3.62. The third-order valence-corrected chi connectivity index (χ3v) is 3.62. The van der Waals surface area contributed by atoms with Crippen molar-refractivity contribution >= 4 is 11.4 Å². The number of aliphatic hydroxyl groups is 1. The quantitative estimate of drug-likeness (QED) is 0.405. The zero-order chi connectivity index (χ0) is 18.2. The number of benzene rings is 3. The largest absolute Gasteiger partial charge is 0.468 e. The van der Waals surface area contributed by atoms with E-state index < -0.39 is 0 Å². The van der Waals surface area contributed by atoms with Crippen molar-refractivity contribution in [1.29, 1.82) is 0 Å². The monoisotopic (exact) mass is 342 g/mol. The maximum atomic E-state index is 8.71. The van der Waals surface area contributed by atoms with Gasteiger partial charge in [0.15, 0.2) is 6.79 Å². The molecular weight excluding hydrogens is 324 g/mol. The number of nitrogens with zero attached hydrogens (tertiary/aromatic N) is 2. The second-order valence-corrected chi connectivity index (χ2v) is 5.63. The van der Waals surface area contributed by atoms with Crippen molar-refractivity contribution in [3.8, 4) is 17.6 Å². The molecule has 0 atom stereocenters. The predicted molar refractivity (Wildman–Crippen MR) is 102 cm³/mol. The molecule has 1 N–H and O–H groups in total. The molecule has 0 aliphatic rings. The van der Waals surface area contributed by atoms with E-state index in [-0.39, 0.29) is 6.79 Å². The highest BCUT2D eigenvalue weighted by Gasteiger charge is 1.94. The van der Waals surface area contributed by atoms with E-state index in [1.54, 1.807) is 12.1 Å². The van der Waals surface area contributed by atoms with Crippen molar-refractivity contribution in [3.63, 3.8) is 0 Å². The maximum Gasteiger partial charge on any atom is 0.186 e. The van der Waals surface area contributed by atoms with E-state index in [0.717, 1.165) is 22.5 Å². The van der Waals surface area contributed by atoms with Crippen LogP contribution in [0.2, 0.25) is 0 Å². The van der Waals surface area contributed by atoms with Gasteiger partial charge in [0.25, 0.3) is 0 Å². The molecule has 0 unspecified atom stereocenters. The lowest BCUT2D eigenvalue weighted by Gasteiger charge is -2.00. The average molecular weight is 342 g/mol. The Hall–Kier alpha value is -3.42. The maximum absolute atomic E-state index is 8.71. The molecule has 26 heavy (non-hydrogen) atoms. The van der Waals surface area contributed by atoms with E-state index >= 15 is 0 Å². The molecule has 0 aromatic heterocycles. The number of hydrogen-bond donors (Lipinski definition) is 1. The summed E-state index contributed by atoms with van der Waals surface area (Å²) in [6.07, 6.45) is 0. The van der Waals surface area contributed by atoms with E-state index in [0.29, 0.717) is 5.75 Å². The Morgan fingerprint density at radius 1 is 0.731 bits per heavy atom. The van der Waals surface area contributed by atoms with Gasteiger partial charge in [-0.15, -0.1) is 0 Å². The zero-order valence-corrected chi connectivity index (χ0v) is 14.4. The van der Waals surface area contributed by atoms with E-state index in [1.807, 2.05) is 67.6 Å². The highest BCUT2D eigenvalue weighted by molar-refractivity contribution is 5.48. The van der Waals surface area contributed by atoms with Crippen LogP contribution in [-0.2, 0) is 0 Å². The number of ether oxygens (including phenoxy) is 1. The first kappa shape index (κ1) is 17.4. The summed E-state index contributed by atoms with van der Waals surface area (Å²) in [7, 11) is 0. The molecule has 0 aliphatic carbocycles. The summed E-state index contributed by atoms with van der Waals surface area (Å²) in [5, 5.41) is 17.2. The number of rotatable bonds is 4. The summed E-state index contributed by atoms with van der Waals surface area (Å²) in [5.74, 6) is 6.81. The van der Waals surface area contributed by atoms with Crippen LogP contribution in [-0.4, -0.2) is 11.9 Å². The van der Waals surface area contributed by atoms with Gasteiger partial charge in [-0.2, -0.15) is 10.2 Å². The fourth-order valence-corrected chi connectivity index (χ4v) is 2.19. The average Bonchev–Trinajstić information content (AvgIpc) is 2.68. The molecule has 3 aromatic carbocycles. The molecule has 0 spiro atoms. The Morgan fingerprint density at radius 2 is 1.19 bits per heavy atom. The summed E-state index contributed by atoms with van der Waals surface area (Å²) in [4.78, 5) is 0. The van der Waals surface area contributed by atoms with Crippen molar-refractivity contribution in [1.82, 2.24) is 0 Å². The van der Waals surface area contributed by atoms with Gasteiger partial charge in [-0.3, -0.25) is 0 Å². The molecule has 3 rings (SSSR count). The van der Waals surface area contributed by atoms with Gasteiger partial charge < -0.3 is 9.84 Å². The molecular formula is C22H18N2O2. The van der Waals surface area contributed by atoms with Crippen molar-refractivity contribution in [2.24, 2.45) is 10.2 Å². The number of aliphatic hydroxyl groups excluding tert-OH is 1. The fourth-order valence-electron chi connectivity index (χ4n) is 2.19. The lowest BCUT2D eigenvalue weighted by atomic mass is 10.1. The Kier molecular flexibility index (Phi) is 5.76. The molecule has 0 amide bonds. The van der Waals surface area contributed by atoms with Gasteiger partial charge in [0.2, 0.25) is 0 Å². The van der Waals surface area contributed by atoms with Crippen molar-refractivity contribution in [2.45, 2.75) is 6.92 Å². The molecule has 0 saturated heterocycles. The second-order valence-electron chi connectivity index (χ2n) is 5.63. The van der Waals surface area contributed by atoms with E-state index in [9.17, 15) is 0 Å². The van der Waals surface area contributed by atoms with Gasteiger partial charge in [0.05, 0.1) is 11.4 Å². The van der Waals surface area contributed by atoms with Crippen LogP contribution in [0.1, 0.15) is 16.7 Å². The number of aryl methyl sites for hydroxylation is 1. The molecule has 0 aliphatic heterocycles. The summed E-state index contributed by atoms with van der Waals surface area (Å²) >= 11 is 0. The van der Waals surface area contributed by atoms with Crippen LogP contribution in [0.4, 0.5) is 11.4 Å².